The van der Waals surface area contributed by atoms with Crippen LogP contribution in [0.3, 0.4) is 0 Å². The smallest absolute Gasteiger partial charge is 0.338 e. The van der Waals surface area contributed by atoms with Crippen molar-refractivity contribution in [2.75, 3.05) is 5.32 Å². The summed E-state index contributed by atoms with van der Waals surface area (Å²) in [5, 5.41) is 15.7. The fourth-order valence-electron chi connectivity index (χ4n) is 3.31. The molecule has 1 aliphatic rings. The predicted octanol–water partition coefficient (Wildman–Crippen LogP) is 3.68. The summed E-state index contributed by atoms with van der Waals surface area (Å²) in [4.78, 5) is 28.9. The second-order valence-electron chi connectivity index (χ2n) is 7.44. The average molecular weight is 403 g/mol. The molecule has 0 aliphatic heterocycles. The van der Waals surface area contributed by atoms with E-state index in [2.05, 4.69) is 10.3 Å². The highest BCUT2D eigenvalue weighted by Gasteiger charge is 2.38. The van der Waals surface area contributed by atoms with Crippen molar-refractivity contribution in [3.63, 3.8) is 0 Å². The SMILES string of the molecule is Cc1ccc(C)c(NC(=O)Cc2nc(COC(=O)C3(O)CCCCC3)cs2)c1. The Morgan fingerprint density at radius 1 is 1.25 bits per heavy atom. The van der Waals surface area contributed by atoms with Crippen molar-refractivity contribution in [1.82, 2.24) is 4.98 Å². The minimum Gasteiger partial charge on any atom is -0.457 e. The van der Waals surface area contributed by atoms with Crippen LogP contribution in [-0.2, 0) is 27.4 Å². The lowest BCUT2D eigenvalue weighted by molar-refractivity contribution is -0.170. The van der Waals surface area contributed by atoms with Crippen molar-refractivity contribution in [3.05, 3.63) is 45.4 Å². The molecule has 1 fully saturated rings. The normalized spacial score (nSPS) is 15.8. The molecule has 7 heteroatoms. The van der Waals surface area contributed by atoms with Gasteiger partial charge in [-0.3, -0.25) is 4.79 Å². The van der Waals surface area contributed by atoms with Crippen LogP contribution in [-0.4, -0.2) is 27.6 Å². The number of rotatable bonds is 6. The van der Waals surface area contributed by atoms with Crippen molar-refractivity contribution in [2.24, 2.45) is 0 Å². The fourth-order valence-corrected chi connectivity index (χ4v) is 4.09. The van der Waals surface area contributed by atoms with E-state index in [0.717, 1.165) is 36.1 Å². The van der Waals surface area contributed by atoms with Crippen LogP contribution in [0.25, 0.3) is 0 Å². The molecule has 3 rings (SSSR count). The van der Waals surface area contributed by atoms with E-state index in [0.29, 0.717) is 23.5 Å². The van der Waals surface area contributed by atoms with Crippen LogP contribution in [0, 0.1) is 13.8 Å². The van der Waals surface area contributed by atoms with Gasteiger partial charge in [0, 0.05) is 11.1 Å². The summed E-state index contributed by atoms with van der Waals surface area (Å²) in [5.41, 5.74) is 2.12. The van der Waals surface area contributed by atoms with E-state index in [9.17, 15) is 14.7 Å². The number of aromatic nitrogens is 1. The van der Waals surface area contributed by atoms with Crippen LogP contribution in [0.5, 0.6) is 0 Å². The second-order valence-corrected chi connectivity index (χ2v) is 8.39. The molecule has 1 amide bonds. The van der Waals surface area contributed by atoms with Crippen LogP contribution in [0.15, 0.2) is 23.6 Å². The van der Waals surface area contributed by atoms with Crippen molar-refractivity contribution >= 4 is 28.9 Å². The van der Waals surface area contributed by atoms with Gasteiger partial charge < -0.3 is 15.2 Å². The number of thiazole rings is 1. The zero-order valence-electron chi connectivity index (χ0n) is 16.3. The topological polar surface area (TPSA) is 88.5 Å². The van der Waals surface area contributed by atoms with Crippen LogP contribution < -0.4 is 5.32 Å². The third kappa shape index (κ3) is 5.17. The summed E-state index contributed by atoms with van der Waals surface area (Å²) < 4.78 is 5.27. The molecule has 2 N–H and O–H groups in total. The minimum atomic E-state index is -1.36. The number of anilines is 1. The van der Waals surface area contributed by atoms with Gasteiger partial charge in [0.25, 0.3) is 0 Å². The van der Waals surface area contributed by atoms with Gasteiger partial charge in [0.15, 0.2) is 5.60 Å². The van der Waals surface area contributed by atoms with Gasteiger partial charge in [-0.1, -0.05) is 18.6 Å². The average Bonchev–Trinajstić information content (AvgIpc) is 3.10. The first-order chi connectivity index (χ1) is 13.4. The van der Waals surface area contributed by atoms with E-state index in [1.807, 2.05) is 32.0 Å². The number of nitrogens with zero attached hydrogens (tertiary/aromatic N) is 1. The van der Waals surface area contributed by atoms with E-state index in [4.69, 9.17) is 4.74 Å². The minimum absolute atomic E-state index is 0.0102. The van der Waals surface area contributed by atoms with Crippen molar-refractivity contribution in [2.45, 2.75) is 64.6 Å². The van der Waals surface area contributed by atoms with Crippen LogP contribution in [0.2, 0.25) is 0 Å². The Hall–Kier alpha value is -2.25. The summed E-state index contributed by atoms with van der Waals surface area (Å²) in [6.45, 7) is 3.94. The first-order valence-corrected chi connectivity index (χ1v) is 10.4. The molecule has 1 aromatic heterocycles. The molecule has 1 saturated carbocycles. The summed E-state index contributed by atoms with van der Waals surface area (Å²) >= 11 is 1.36. The van der Waals surface area contributed by atoms with Gasteiger partial charge in [-0.05, 0) is 56.7 Å². The Morgan fingerprint density at radius 2 is 2.00 bits per heavy atom. The molecule has 0 spiro atoms. The van der Waals surface area contributed by atoms with Crippen molar-refractivity contribution < 1.29 is 19.4 Å². The lowest BCUT2D eigenvalue weighted by atomic mass is 9.85. The number of amides is 1. The number of aliphatic hydroxyl groups is 1. The highest BCUT2D eigenvalue weighted by molar-refractivity contribution is 7.09. The van der Waals surface area contributed by atoms with Crippen LogP contribution in [0.1, 0.15) is 53.9 Å². The predicted molar refractivity (Wildman–Crippen MR) is 108 cm³/mol. The highest BCUT2D eigenvalue weighted by Crippen LogP contribution is 2.29. The molecular weight excluding hydrogens is 376 g/mol. The number of carbonyl (C=O) groups excluding carboxylic acids is 2. The number of nitrogens with one attached hydrogen (secondary N) is 1. The number of hydrogen-bond acceptors (Lipinski definition) is 6. The molecular formula is C21H26N2O4S. The quantitative estimate of drug-likeness (QED) is 0.720. The molecule has 150 valence electrons. The van der Waals surface area contributed by atoms with Gasteiger partial charge >= 0.3 is 5.97 Å². The summed E-state index contributed by atoms with van der Waals surface area (Å²) in [5.74, 6) is -0.711. The number of aryl methyl sites for hydroxylation is 2. The lowest BCUT2D eigenvalue weighted by Crippen LogP contribution is -2.41. The largest absolute Gasteiger partial charge is 0.457 e. The van der Waals surface area contributed by atoms with E-state index < -0.39 is 11.6 Å². The molecule has 6 nitrogen and oxygen atoms in total. The van der Waals surface area contributed by atoms with Gasteiger partial charge in [0.1, 0.15) is 11.6 Å². The van der Waals surface area contributed by atoms with Gasteiger partial charge in [-0.25, -0.2) is 9.78 Å². The van der Waals surface area contributed by atoms with Crippen molar-refractivity contribution in [1.29, 1.82) is 0 Å². The Kier molecular flexibility index (Phi) is 6.46. The van der Waals surface area contributed by atoms with Crippen LogP contribution >= 0.6 is 11.3 Å². The lowest BCUT2D eigenvalue weighted by Gasteiger charge is -2.29. The second kappa shape index (κ2) is 8.84. The Balaban J connectivity index is 1.51. The monoisotopic (exact) mass is 402 g/mol. The van der Waals surface area contributed by atoms with Gasteiger partial charge in [0.05, 0.1) is 12.1 Å². The van der Waals surface area contributed by atoms with Gasteiger partial charge in [-0.2, -0.15) is 0 Å². The molecule has 0 radical (unpaired) electrons. The van der Waals surface area contributed by atoms with E-state index in [-0.39, 0.29) is 18.9 Å². The summed E-state index contributed by atoms with van der Waals surface area (Å²) in [6.07, 6.45) is 3.77. The number of carbonyl (C=O) groups is 2. The third-order valence-electron chi connectivity index (χ3n) is 4.99. The number of benzene rings is 1. The Labute approximate surface area is 169 Å². The highest BCUT2D eigenvalue weighted by atomic mass is 32.1. The third-order valence-corrected chi connectivity index (χ3v) is 5.89. The number of ether oxygens (including phenoxy) is 1. The molecule has 28 heavy (non-hydrogen) atoms. The molecule has 0 unspecified atom stereocenters. The number of esters is 1. The fraction of sp³-hybridized carbons (Fsp3) is 0.476. The van der Waals surface area contributed by atoms with Gasteiger partial charge in [-0.15, -0.1) is 11.3 Å². The molecule has 0 saturated heterocycles. The molecule has 0 bridgehead atoms. The van der Waals surface area contributed by atoms with Gasteiger partial charge in [0.2, 0.25) is 5.91 Å². The first kappa shape index (κ1) is 20.5. The molecule has 1 aliphatic carbocycles. The molecule has 1 heterocycles. The van der Waals surface area contributed by atoms with Crippen molar-refractivity contribution in [3.8, 4) is 0 Å². The maximum Gasteiger partial charge on any atom is 0.338 e. The van der Waals surface area contributed by atoms with E-state index in [1.54, 1.807) is 5.38 Å². The zero-order valence-corrected chi connectivity index (χ0v) is 17.1. The Morgan fingerprint density at radius 3 is 2.75 bits per heavy atom. The standard InChI is InChI=1S/C21H26N2O4S/c1-14-6-7-15(2)17(10-14)23-18(24)11-19-22-16(13-28-19)12-27-20(25)21(26)8-4-3-5-9-21/h6-7,10,13,26H,3-5,8-9,11-12H2,1-2H3,(H,23,24). The Bertz CT molecular complexity index is 856. The maximum atomic E-state index is 12.3. The van der Waals surface area contributed by atoms with E-state index in [1.165, 1.54) is 11.3 Å². The zero-order chi connectivity index (χ0) is 20.1. The molecule has 0 atom stereocenters. The summed E-state index contributed by atoms with van der Waals surface area (Å²) in [7, 11) is 0. The first-order valence-electron chi connectivity index (χ1n) is 9.56. The number of hydrogen-bond donors (Lipinski definition) is 2. The molecule has 1 aromatic carbocycles. The van der Waals surface area contributed by atoms with E-state index >= 15 is 0 Å². The molecule has 2 aromatic rings. The van der Waals surface area contributed by atoms with Crippen LogP contribution in [0.4, 0.5) is 5.69 Å². The maximum absolute atomic E-state index is 12.3. The summed E-state index contributed by atoms with van der Waals surface area (Å²) in [6, 6.07) is 5.92.